The van der Waals surface area contributed by atoms with Gasteiger partial charge in [-0.1, -0.05) is 0 Å². The molecule has 0 aliphatic carbocycles. The van der Waals surface area contributed by atoms with E-state index in [0.29, 0.717) is 13.0 Å². The van der Waals surface area contributed by atoms with Gasteiger partial charge in [0.05, 0.1) is 30.4 Å². The molecule has 15 heavy (non-hydrogen) atoms. The van der Waals surface area contributed by atoms with E-state index in [4.69, 9.17) is 15.6 Å². The van der Waals surface area contributed by atoms with Crippen molar-refractivity contribution in [1.82, 2.24) is 14.4 Å². The van der Waals surface area contributed by atoms with E-state index in [1.54, 1.807) is 10.6 Å². The monoisotopic (exact) mass is 243 g/mol. The highest BCUT2D eigenvalue weighted by atomic mass is 32.2. The first-order chi connectivity index (χ1) is 7.30. The van der Waals surface area contributed by atoms with E-state index >= 15 is 0 Å². The number of thiocyanates is 2. The van der Waals surface area contributed by atoms with Crippen molar-refractivity contribution in [2.24, 2.45) is 0 Å². The fraction of sp³-hybridized carbons (Fsp3) is 0.429. The summed E-state index contributed by atoms with van der Waals surface area (Å²) < 4.78 is 3.09. The van der Waals surface area contributed by atoms with Crippen molar-refractivity contribution in [3.8, 4) is 10.8 Å². The van der Waals surface area contributed by atoms with Crippen LogP contribution in [0.25, 0.3) is 0 Å². The molecule has 0 unspecified atom stereocenters. The first-order valence-electron chi connectivity index (χ1n) is 4.05. The Kier molecular flexibility index (Phi) is 5.32. The SMILES string of the molecule is N#CSN1C=C(CCO)CN(SC#N)N1. The van der Waals surface area contributed by atoms with Crippen molar-refractivity contribution >= 4 is 23.9 Å². The lowest BCUT2D eigenvalue weighted by Gasteiger charge is -2.30. The van der Waals surface area contributed by atoms with E-state index in [0.717, 1.165) is 29.5 Å². The van der Waals surface area contributed by atoms with Gasteiger partial charge >= 0.3 is 0 Å². The molecule has 0 radical (unpaired) electrons. The molecule has 1 heterocycles. The smallest absolute Gasteiger partial charge is 0.157 e. The number of nitriles is 2. The summed E-state index contributed by atoms with van der Waals surface area (Å²) in [5, 5.41) is 29.7. The molecule has 0 atom stereocenters. The number of hydrogen-bond acceptors (Lipinski definition) is 8. The van der Waals surface area contributed by atoms with Crippen LogP contribution in [0.3, 0.4) is 0 Å². The molecule has 1 aliphatic heterocycles. The Hall–Kier alpha value is -0.900. The Morgan fingerprint density at radius 2 is 2.20 bits per heavy atom. The quantitative estimate of drug-likeness (QED) is 0.547. The molecular formula is C7H9N5OS2. The lowest BCUT2D eigenvalue weighted by Crippen LogP contribution is -2.44. The average Bonchev–Trinajstić information content (AvgIpc) is 2.19. The van der Waals surface area contributed by atoms with Crippen LogP contribution in [-0.4, -0.2) is 27.1 Å². The van der Waals surface area contributed by atoms with Crippen molar-refractivity contribution in [1.29, 1.82) is 10.5 Å². The second kappa shape index (κ2) is 6.56. The van der Waals surface area contributed by atoms with Gasteiger partial charge in [-0.05, 0) is 12.0 Å². The highest BCUT2D eigenvalue weighted by Crippen LogP contribution is 2.20. The Bertz CT molecular complexity index is 320. The third-order valence-corrected chi connectivity index (χ3v) is 2.56. The van der Waals surface area contributed by atoms with Crippen LogP contribution in [0.4, 0.5) is 0 Å². The third-order valence-electron chi connectivity index (χ3n) is 1.58. The van der Waals surface area contributed by atoms with Crippen molar-refractivity contribution in [3.05, 3.63) is 11.8 Å². The molecule has 0 aromatic heterocycles. The van der Waals surface area contributed by atoms with Gasteiger partial charge in [-0.2, -0.15) is 14.9 Å². The summed E-state index contributed by atoms with van der Waals surface area (Å²) in [6, 6.07) is 0. The van der Waals surface area contributed by atoms with Crippen LogP contribution in [0.15, 0.2) is 11.8 Å². The van der Waals surface area contributed by atoms with Gasteiger partial charge in [0.15, 0.2) is 10.8 Å². The number of rotatable bonds is 4. The van der Waals surface area contributed by atoms with Gasteiger partial charge in [0, 0.05) is 12.8 Å². The largest absolute Gasteiger partial charge is 0.396 e. The van der Waals surface area contributed by atoms with Gasteiger partial charge in [-0.15, -0.1) is 5.53 Å². The molecule has 8 heteroatoms. The van der Waals surface area contributed by atoms with Crippen LogP contribution in [0.2, 0.25) is 0 Å². The maximum Gasteiger partial charge on any atom is 0.157 e. The number of aliphatic hydroxyl groups excluding tert-OH is 1. The van der Waals surface area contributed by atoms with Crippen LogP contribution in [-0.2, 0) is 0 Å². The van der Waals surface area contributed by atoms with E-state index in [1.807, 2.05) is 10.8 Å². The second-order valence-electron chi connectivity index (χ2n) is 2.59. The summed E-state index contributed by atoms with van der Waals surface area (Å²) in [4.78, 5) is 0. The number of nitrogens with zero attached hydrogens (tertiary/aromatic N) is 4. The fourth-order valence-electron chi connectivity index (χ4n) is 1.05. The van der Waals surface area contributed by atoms with Crippen LogP contribution in [0.5, 0.6) is 0 Å². The van der Waals surface area contributed by atoms with Crippen LogP contribution < -0.4 is 5.53 Å². The molecule has 0 aromatic rings. The topological polar surface area (TPSA) is 86.3 Å². The van der Waals surface area contributed by atoms with Gasteiger partial charge in [-0.25, -0.2) is 4.41 Å². The van der Waals surface area contributed by atoms with E-state index in [2.05, 4.69) is 5.53 Å². The zero-order valence-corrected chi connectivity index (χ0v) is 9.38. The summed E-state index contributed by atoms with van der Waals surface area (Å²) in [7, 11) is 0. The zero-order chi connectivity index (χ0) is 11.1. The number of hydrazine groups is 2. The van der Waals surface area contributed by atoms with Crippen molar-refractivity contribution in [3.63, 3.8) is 0 Å². The molecule has 1 rings (SSSR count). The van der Waals surface area contributed by atoms with Crippen LogP contribution in [0.1, 0.15) is 6.42 Å². The highest BCUT2D eigenvalue weighted by molar-refractivity contribution is 8.02. The molecular weight excluding hydrogens is 234 g/mol. The molecule has 0 saturated carbocycles. The molecule has 2 N–H and O–H groups in total. The Morgan fingerprint density at radius 1 is 1.47 bits per heavy atom. The summed E-state index contributed by atoms with van der Waals surface area (Å²) in [5.41, 5.74) is 3.79. The molecule has 0 spiro atoms. The summed E-state index contributed by atoms with van der Waals surface area (Å²) >= 11 is 1.87. The Morgan fingerprint density at radius 3 is 2.80 bits per heavy atom. The fourth-order valence-corrected chi connectivity index (χ4v) is 1.98. The minimum Gasteiger partial charge on any atom is -0.396 e. The average molecular weight is 243 g/mol. The predicted molar refractivity (Wildman–Crippen MR) is 57.9 cm³/mol. The predicted octanol–water partition coefficient (Wildman–Crippen LogP) is 0.548. The van der Waals surface area contributed by atoms with Crippen molar-refractivity contribution in [2.75, 3.05) is 13.2 Å². The van der Waals surface area contributed by atoms with Gasteiger partial charge in [0.2, 0.25) is 0 Å². The van der Waals surface area contributed by atoms with Crippen LogP contribution >= 0.6 is 23.9 Å². The normalized spacial score (nSPS) is 16.7. The Balaban J connectivity index is 2.62. The minimum absolute atomic E-state index is 0.0575. The molecule has 0 amide bonds. The second-order valence-corrected chi connectivity index (χ2v) is 4.15. The molecule has 80 valence electrons. The third kappa shape index (κ3) is 4.00. The lowest BCUT2D eigenvalue weighted by atomic mass is 10.2. The number of nitrogens with one attached hydrogen (secondary N) is 1. The number of aliphatic hydroxyl groups is 1. The zero-order valence-electron chi connectivity index (χ0n) is 7.75. The molecule has 0 bridgehead atoms. The van der Waals surface area contributed by atoms with Crippen LogP contribution in [0, 0.1) is 21.3 Å². The Labute approximate surface area is 96.3 Å². The highest BCUT2D eigenvalue weighted by Gasteiger charge is 2.18. The molecule has 0 aromatic carbocycles. The molecule has 6 nitrogen and oxygen atoms in total. The summed E-state index contributed by atoms with van der Waals surface area (Å²) in [5.74, 6) is 0. The maximum atomic E-state index is 8.81. The van der Waals surface area contributed by atoms with E-state index < -0.39 is 0 Å². The molecule has 0 saturated heterocycles. The first-order valence-corrected chi connectivity index (χ1v) is 5.60. The van der Waals surface area contributed by atoms with Gasteiger partial charge in [-0.3, -0.25) is 0 Å². The minimum atomic E-state index is 0.0575. The summed E-state index contributed by atoms with van der Waals surface area (Å²) in [6.07, 6.45) is 2.28. The summed E-state index contributed by atoms with van der Waals surface area (Å²) in [6.45, 7) is 0.600. The van der Waals surface area contributed by atoms with E-state index in [9.17, 15) is 0 Å². The van der Waals surface area contributed by atoms with Crippen molar-refractivity contribution in [2.45, 2.75) is 6.42 Å². The lowest BCUT2D eigenvalue weighted by molar-refractivity contribution is 0.221. The number of hydrogen-bond donors (Lipinski definition) is 2. The van der Waals surface area contributed by atoms with Gasteiger partial charge in [0.25, 0.3) is 0 Å². The van der Waals surface area contributed by atoms with Crippen molar-refractivity contribution < 1.29 is 5.11 Å². The van der Waals surface area contributed by atoms with E-state index in [1.165, 1.54) is 4.41 Å². The first kappa shape index (κ1) is 12.2. The van der Waals surface area contributed by atoms with E-state index in [-0.39, 0.29) is 6.61 Å². The standard InChI is InChI=1S/C7H9N5OS2/c8-5-14-11-3-7(1-2-13)4-12(10-11)15-6-9/h3,10,13H,1-2,4H2. The maximum absolute atomic E-state index is 8.81. The molecule has 0 fully saturated rings. The molecule has 1 aliphatic rings. The van der Waals surface area contributed by atoms with Gasteiger partial charge < -0.3 is 5.11 Å². The van der Waals surface area contributed by atoms with Gasteiger partial charge in [0.1, 0.15) is 0 Å².